The molecule has 2 aromatic rings. The Hall–Kier alpha value is -2.35. The Labute approximate surface area is 130 Å². The summed E-state index contributed by atoms with van der Waals surface area (Å²) >= 11 is 0. The van der Waals surface area contributed by atoms with E-state index in [1.165, 1.54) is 11.0 Å². The lowest BCUT2D eigenvalue weighted by Gasteiger charge is -2.11. The predicted molar refractivity (Wildman–Crippen MR) is 77.8 cm³/mol. The van der Waals surface area contributed by atoms with Gasteiger partial charge in [-0.1, -0.05) is 12.1 Å². The van der Waals surface area contributed by atoms with Crippen LogP contribution in [0.1, 0.15) is 16.1 Å². The molecule has 124 valence electrons. The first-order chi connectivity index (χ1) is 10.7. The zero-order chi connectivity index (χ0) is 17.2. The molecule has 0 aliphatic carbocycles. The van der Waals surface area contributed by atoms with E-state index in [4.69, 9.17) is 5.11 Å². The van der Waals surface area contributed by atoms with Gasteiger partial charge in [-0.05, 0) is 18.2 Å². The van der Waals surface area contributed by atoms with Crippen LogP contribution in [0.2, 0.25) is 0 Å². The number of aliphatic hydroxyl groups excluding tert-OH is 1. The number of alkyl halides is 3. The molecule has 8 heteroatoms. The first-order valence-corrected chi connectivity index (χ1v) is 6.82. The van der Waals surface area contributed by atoms with Crippen molar-refractivity contribution in [1.82, 2.24) is 14.7 Å². The Morgan fingerprint density at radius 2 is 2.00 bits per heavy atom. The molecule has 0 aliphatic rings. The van der Waals surface area contributed by atoms with E-state index >= 15 is 0 Å². The summed E-state index contributed by atoms with van der Waals surface area (Å²) in [6.45, 7) is -0.417. The first-order valence-electron chi connectivity index (χ1n) is 6.82. The van der Waals surface area contributed by atoms with Crippen LogP contribution in [-0.2, 0) is 12.7 Å². The van der Waals surface area contributed by atoms with Crippen LogP contribution in [0.25, 0.3) is 11.3 Å². The average Bonchev–Trinajstić information content (AvgIpc) is 2.91. The topological polar surface area (TPSA) is 58.4 Å². The molecule has 1 aromatic heterocycles. The molecule has 0 saturated heterocycles. The van der Waals surface area contributed by atoms with Gasteiger partial charge in [-0.3, -0.25) is 9.48 Å². The van der Waals surface area contributed by atoms with Gasteiger partial charge in [-0.2, -0.15) is 18.3 Å². The van der Waals surface area contributed by atoms with Gasteiger partial charge in [0.15, 0.2) is 5.69 Å². The van der Waals surface area contributed by atoms with Crippen molar-refractivity contribution >= 4 is 5.91 Å². The van der Waals surface area contributed by atoms with Gasteiger partial charge in [-0.15, -0.1) is 0 Å². The number of benzene rings is 1. The molecule has 2 rings (SSSR count). The van der Waals surface area contributed by atoms with E-state index in [2.05, 4.69) is 5.10 Å². The number of halogens is 3. The fourth-order valence-electron chi connectivity index (χ4n) is 2.12. The van der Waals surface area contributed by atoms with Gasteiger partial charge in [0.1, 0.15) is 0 Å². The molecule has 0 radical (unpaired) electrons. The third kappa shape index (κ3) is 3.70. The van der Waals surface area contributed by atoms with E-state index in [1.807, 2.05) is 0 Å². The van der Waals surface area contributed by atoms with Crippen molar-refractivity contribution in [3.63, 3.8) is 0 Å². The van der Waals surface area contributed by atoms with E-state index in [9.17, 15) is 18.0 Å². The van der Waals surface area contributed by atoms with E-state index in [-0.39, 0.29) is 24.8 Å². The van der Waals surface area contributed by atoms with Crippen LogP contribution in [0.5, 0.6) is 0 Å². The smallest absolute Gasteiger partial charge is 0.394 e. The number of rotatable bonds is 4. The molecule has 0 atom stereocenters. The van der Waals surface area contributed by atoms with Crippen molar-refractivity contribution in [3.05, 3.63) is 41.6 Å². The van der Waals surface area contributed by atoms with Gasteiger partial charge in [0, 0.05) is 25.2 Å². The maximum Gasteiger partial charge on any atom is 0.435 e. The van der Waals surface area contributed by atoms with E-state index in [0.717, 1.165) is 10.7 Å². The van der Waals surface area contributed by atoms with Crippen molar-refractivity contribution in [2.24, 2.45) is 0 Å². The lowest BCUT2D eigenvalue weighted by molar-refractivity contribution is -0.141. The number of nitrogens with zero attached hydrogens (tertiary/aromatic N) is 3. The van der Waals surface area contributed by atoms with Gasteiger partial charge in [0.2, 0.25) is 0 Å². The molecule has 0 bridgehead atoms. The third-order valence-electron chi connectivity index (χ3n) is 3.19. The monoisotopic (exact) mass is 327 g/mol. The summed E-state index contributed by atoms with van der Waals surface area (Å²) in [6, 6.07) is 7.19. The van der Waals surface area contributed by atoms with Crippen LogP contribution in [0.4, 0.5) is 13.2 Å². The standard InChI is InChI=1S/C15H16F3N3O2/c1-20(2)14(23)11-5-3-4-10(8-11)12-9-13(15(16,17)18)19-21(12)6-7-22/h3-5,8-9,22H,6-7H2,1-2H3. The second kappa shape index (κ2) is 6.41. The van der Waals surface area contributed by atoms with Crippen LogP contribution in [0.3, 0.4) is 0 Å². The molecular weight excluding hydrogens is 311 g/mol. The highest BCUT2D eigenvalue weighted by molar-refractivity contribution is 5.95. The number of carbonyl (C=O) groups excluding carboxylic acids is 1. The number of hydrogen-bond acceptors (Lipinski definition) is 3. The van der Waals surface area contributed by atoms with E-state index in [0.29, 0.717) is 11.1 Å². The molecule has 0 spiro atoms. The van der Waals surface area contributed by atoms with Crippen LogP contribution in [0, 0.1) is 0 Å². The summed E-state index contributed by atoms with van der Waals surface area (Å²) < 4.78 is 39.6. The maximum atomic E-state index is 12.9. The fraction of sp³-hybridized carbons (Fsp3) is 0.333. The van der Waals surface area contributed by atoms with Gasteiger partial charge < -0.3 is 10.0 Å². The normalized spacial score (nSPS) is 11.6. The second-order valence-corrected chi connectivity index (χ2v) is 5.14. The highest BCUT2D eigenvalue weighted by atomic mass is 19.4. The Morgan fingerprint density at radius 1 is 1.30 bits per heavy atom. The maximum absolute atomic E-state index is 12.9. The van der Waals surface area contributed by atoms with Crippen molar-refractivity contribution in [1.29, 1.82) is 0 Å². The Kier molecular flexibility index (Phi) is 4.74. The van der Waals surface area contributed by atoms with Crippen LogP contribution < -0.4 is 0 Å². The molecule has 1 N–H and O–H groups in total. The van der Waals surface area contributed by atoms with Crippen LogP contribution in [0.15, 0.2) is 30.3 Å². The summed E-state index contributed by atoms with van der Waals surface area (Å²) in [6.07, 6.45) is -4.58. The molecule has 1 amide bonds. The van der Waals surface area contributed by atoms with Gasteiger partial charge in [0.05, 0.1) is 18.8 Å². The lowest BCUT2D eigenvalue weighted by Crippen LogP contribution is -2.21. The van der Waals surface area contributed by atoms with Gasteiger partial charge in [-0.25, -0.2) is 0 Å². The number of aliphatic hydroxyl groups is 1. The first kappa shape index (κ1) is 17.0. The minimum absolute atomic E-state index is 0.0722. The largest absolute Gasteiger partial charge is 0.435 e. The summed E-state index contributed by atoms with van der Waals surface area (Å²) in [5, 5.41) is 12.5. The highest BCUT2D eigenvalue weighted by Gasteiger charge is 2.35. The lowest BCUT2D eigenvalue weighted by atomic mass is 10.1. The summed E-state index contributed by atoms with van der Waals surface area (Å²) in [4.78, 5) is 13.4. The van der Waals surface area contributed by atoms with Gasteiger partial charge >= 0.3 is 6.18 Å². The summed E-state index contributed by atoms with van der Waals surface area (Å²) in [5.74, 6) is -0.254. The highest BCUT2D eigenvalue weighted by Crippen LogP contribution is 2.32. The molecule has 0 aliphatic heterocycles. The molecule has 23 heavy (non-hydrogen) atoms. The molecule has 0 saturated carbocycles. The van der Waals surface area contributed by atoms with Crippen LogP contribution in [-0.4, -0.2) is 46.4 Å². The summed E-state index contributed by atoms with van der Waals surface area (Å²) in [7, 11) is 3.18. The van der Waals surface area contributed by atoms with Crippen LogP contribution >= 0.6 is 0 Å². The van der Waals surface area contributed by atoms with Crippen molar-refractivity contribution in [3.8, 4) is 11.3 Å². The molecular formula is C15H16F3N3O2. The van der Waals surface area contributed by atoms with Crippen molar-refractivity contribution < 1.29 is 23.1 Å². The molecule has 5 nitrogen and oxygen atoms in total. The number of hydrogen-bond donors (Lipinski definition) is 1. The SMILES string of the molecule is CN(C)C(=O)c1cccc(-c2cc(C(F)(F)F)nn2CCO)c1. The zero-order valence-corrected chi connectivity index (χ0v) is 12.6. The predicted octanol–water partition coefficient (Wildman–Crippen LogP) is 2.26. The Morgan fingerprint density at radius 3 is 2.57 bits per heavy atom. The number of aromatic nitrogens is 2. The molecule has 0 fully saturated rings. The summed E-state index contributed by atoms with van der Waals surface area (Å²) in [5.41, 5.74) is -0.0583. The average molecular weight is 327 g/mol. The van der Waals surface area contributed by atoms with Crippen molar-refractivity contribution in [2.45, 2.75) is 12.7 Å². The molecule has 1 aromatic carbocycles. The number of amides is 1. The quantitative estimate of drug-likeness (QED) is 0.937. The Balaban J connectivity index is 2.51. The van der Waals surface area contributed by atoms with Gasteiger partial charge in [0.25, 0.3) is 5.91 Å². The van der Waals surface area contributed by atoms with Crippen molar-refractivity contribution in [2.75, 3.05) is 20.7 Å². The molecule has 1 heterocycles. The number of carbonyl (C=O) groups is 1. The molecule has 0 unspecified atom stereocenters. The van der Waals surface area contributed by atoms with E-state index in [1.54, 1.807) is 32.3 Å². The van der Waals surface area contributed by atoms with E-state index < -0.39 is 11.9 Å². The minimum atomic E-state index is -4.58. The minimum Gasteiger partial charge on any atom is -0.394 e. The zero-order valence-electron chi connectivity index (χ0n) is 12.6. The fourth-order valence-corrected chi connectivity index (χ4v) is 2.12. The third-order valence-corrected chi connectivity index (χ3v) is 3.19. The Bertz CT molecular complexity index is 708. The second-order valence-electron chi connectivity index (χ2n) is 5.14.